The summed E-state index contributed by atoms with van der Waals surface area (Å²) in [5, 5.41) is 9.42. The second-order valence-electron chi connectivity index (χ2n) is 5.75. The van der Waals surface area contributed by atoms with E-state index in [1.165, 1.54) is 10.7 Å². The number of nitrogens with one attached hydrogen (secondary N) is 1. The van der Waals surface area contributed by atoms with Gasteiger partial charge in [0.2, 0.25) is 0 Å². The van der Waals surface area contributed by atoms with Crippen LogP contribution >= 0.6 is 27.5 Å². The number of aromatic nitrogens is 3. The summed E-state index contributed by atoms with van der Waals surface area (Å²) in [7, 11) is 0. The number of benzene rings is 2. The number of anilines is 2. The third-order valence-electron chi connectivity index (χ3n) is 3.76. The van der Waals surface area contributed by atoms with Crippen LogP contribution in [0.5, 0.6) is 0 Å². The molecule has 0 radical (unpaired) electrons. The predicted molar refractivity (Wildman–Crippen MR) is 102 cm³/mol. The highest BCUT2D eigenvalue weighted by molar-refractivity contribution is 9.10. The van der Waals surface area contributed by atoms with Crippen LogP contribution in [0.25, 0.3) is 0 Å². The number of hydrogen-bond donors (Lipinski definition) is 2. The van der Waals surface area contributed by atoms with Crippen molar-refractivity contribution in [2.75, 3.05) is 11.1 Å². The molecule has 0 bridgehead atoms. The van der Waals surface area contributed by atoms with Gasteiger partial charge in [-0.1, -0.05) is 44.9 Å². The van der Waals surface area contributed by atoms with Crippen molar-refractivity contribution in [3.63, 3.8) is 0 Å². The van der Waals surface area contributed by atoms with Crippen LogP contribution in [-0.4, -0.2) is 20.9 Å². The molecule has 28 heavy (non-hydrogen) atoms. The maximum Gasteiger partial charge on any atom is 0.417 e. The highest BCUT2D eigenvalue weighted by Crippen LogP contribution is 2.36. The van der Waals surface area contributed by atoms with Crippen LogP contribution < -0.4 is 11.1 Å². The zero-order chi connectivity index (χ0) is 20.5. The Balaban J connectivity index is 1.79. The van der Waals surface area contributed by atoms with Gasteiger partial charge in [0.05, 0.1) is 17.1 Å². The summed E-state index contributed by atoms with van der Waals surface area (Å²) in [5.41, 5.74) is 5.46. The van der Waals surface area contributed by atoms with Gasteiger partial charge in [0.15, 0.2) is 11.5 Å². The Labute approximate surface area is 170 Å². The minimum atomic E-state index is -4.65. The topological polar surface area (TPSA) is 85.8 Å². The van der Waals surface area contributed by atoms with E-state index < -0.39 is 22.7 Å². The molecule has 0 spiro atoms. The SMILES string of the molecule is Nc1c(C(=O)Nc2ccc(Cl)c(C(F)(F)F)c2)nnn1Cc1ccc(Br)cc1. The number of nitrogens with two attached hydrogens (primary N) is 1. The smallest absolute Gasteiger partial charge is 0.382 e. The van der Waals surface area contributed by atoms with Gasteiger partial charge in [-0.25, -0.2) is 4.68 Å². The Morgan fingerprint density at radius 1 is 1.21 bits per heavy atom. The third-order valence-corrected chi connectivity index (χ3v) is 4.62. The van der Waals surface area contributed by atoms with Gasteiger partial charge in [-0.05, 0) is 35.9 Å². The molecule has 0 aliphatic rings. The van der Waals surface area contributed by atoms with Gasteiger partial charge >= 0.3 is 6.18 Å². The highest BCUT2D eigenvalue weighted by atomic mass is 79.9. The average molecular weight is 475 g/mol. The molecule has 2 aromatic carbocycles. The molecule has 146 valence electrons. The molecule has 1 aromatic heterocycles. The van der Waals surface area contributed by atoms with Crippen molar-refractivity contribution in [3.8, 4) is 0 Å². The number of carbonyl (C=O) groups is 1. The zero-order valence-electron chi connectivity index (χ0n) is 14.0. The van der Waals surface area contributed by atoms with E-state index in [-0.39, 0.29) is 23.7 Å². The summed E-state index contributed by atoms with van der Waals surface area (Å²) >= 11 is 8.90. The minimum Gasteiger partial charge on any atom is -0.382 e. The molecule has 3 aromatic rings. The van der Waals surface area contributed by atoms with Crippen molar-refractivity contribution in [1.82, 2.24) is 15.0 Å². The van der Waals surface area contributed by atoms with E-state index in [9.17, 15) is 18.0 Å². The van der Waals surface area contributed by atoms with Gasteiger partial charge < -0.3 is 11.1 Å². The Morgan fingerprint density at radius 2 is 1.89 bits per heavy atom. The van der Waals surface area contributed by atoms with Crippen molar-refractivity contribution < 1.29 is 18.0 Å². The second kappa shape index (κ2) is 7.80. The highest BCUT2D eigenvalue weighted by Gasteiger charge is 2.33. The standard InChI is InChI=1S/C17H12BrClF3N5O/c18-10-3-1-9(2-4-10)8-27-15(23)14(25-26-27)16(28)24-11-5-6-13(19)12(7-11)17(20,21)22/h1-7H,8,23H2,(H,24,28). The molecule has 1 amide bonds. The molecule has 0 aliphatic carbocycles. The fourth-order valence-electron chi connectivity index (χ4n) is 2.37. The molecule has 0 saturated carbocycles. The Hall–Kier alpha value is -2.59. The lowest BCUT2D eigenvalue weighted by atomic mass is 10.2. The Bertz CT molecular complexity index is 1020. The lowest BCUT2D eigenvalue weighted by Crippen LogP contribution is -2.16. The molecular formula is C17H12BrClF3N5O. The summed E-state index contributed by atoms with van der Waals surface area (Å²) in [6.45, 7) is 0.276. The van der Waals surface area contributed by atoms with Gasteiger partial charge in [0, 0.05) is 10.2 Å². The monoisotopic (exact) mass is 473 g/mol. The molecule has 0 unspecified atom stereocenters. The molecule has 6 nitrogen and oxygen atoms in total. The maximum absolute atomic E-state index is 12.9. The second-order valence-corrected chi connectivity index (χ2v) is 7.08. The maximum atomic E-state index is 12.9. The molecule has 3 rings (SSSR count). The van der Waals surface area contributed by atoms with Crippen molar-refractivity contribution in [2.45, 2.75) is 12.7 Å². The van der Waals surface area contributed by atoms with E-state index in [0.717, 1.165) is 22.2 Å². The van der Waals surface area contributed by atoms with E-state index in [1.54, 1.807) is 0 Å². The molecular weight excluding hydrogens is 463 g/mol. The van der Waals surface area contributed by atoms with Crippen molar-refractivity contribution in [2.24, 2.45) is 0 Å². The van der Waals surface area contributed by atoms with Crippen LogP contribution in [0.1, 0.15) is 21.6 Å². The van der Waals surface area contributed by atoms with Gasteiger partial charge in [-0.3, -0.25) is 4.79 Å². The van der Waals surface area contributed by atoms with Gasteiger partial charge in [0.25, 0.3) is 5.91 Å². The van der Waals surface area contributed by atoms with Crippen LogP contribution in [0.15, 0.2) is 46.9 Å². The first kappa shape index (κ1) is 20.2. The first-order chi connectivity index (χ1) is 13.1. The summed E-state index contributed by atoms with van der Waals surface area (Å²) in [6, 6.07) is 10.4. The van der Waals surface area contributed by atoms with Crippen molar-refractivity contribution in [1.29, 1.82) is 0 Å². The fraction of sp³-hybridized carbons (Fsp3) is 0.118. The third kappa shape index (κ3) is 4.45. The molecule has 1 heterocycles. The Morgan fingerprint density at radius 3 is 2.54 bits per heavy atom. The van der Waals surface area contributed by atoms with E-state index >= 15 is 0 Å². The largest absolute Gasteiger partial charge is 0.417 e. The van der Waals surface area contributed by atoms with E-state index in [1.807, 2.05) is 24.3 Å². The number of halogens is 5. The van der Waals surface area contributed by atoms with Crippen LogP contribution in [0.4, 0.5) is 24.7 Å². The molecule has 11 heteroatoms. The number of carbonyl (C=O) groups excluding carboxylic acids is 1. The number of rotatable bonds is 4. The van der Waals surface area contributed by atoms with Crippen LogP contribution in [0.2, 0.25) is 5.02 Å². The van der Waals surface area contributed by atoms with Crippen molar-refractivity contribution in [3.05, 3.63) is 68.8 Å². The fourth-order valence-corrected chi connectivity index (χ4v) is 2.86. The van der Waals surface area contributed by atoms with Gasteiger partial charge in [0.1, 0.15) is 0 Å². The molecule has 3 N–H and O–H groups in total. The van der Waals surface area contributed by atoms with E-state index in [4.69, 9.17) is 17.3 Å². The first-order valence-electron chi connectivity index (χ1n) is 7.76. The summed E-state index contributed by atoms with van der Waals surface area (Å²) in [6.07, 6.45) is -4.65. The normalized spacial score (nSPS) is 11.5. The average Bonchev–Trinajstić information content (AvgIpc) is 2.98. The summed E-state index contributed by atoms with van der Waals surface area (Å²) in [4.78, 5) is 12.4. The molecule has 0 saturated heterocycles. The van der Waals surface area contributed by atoms with Gasteiger partial charge in [-0.2, -0.15) is 13.2 Å². The summed E-state index contributed by atoms with van der Waals surface area (Å²) in [5.74, 6) is -0.791. The van der Waals surface area contributed by atoms with Crippen LogP contribution in [0, 0.1) is 0 Å². The number of alkyl halides is 3. The van der Waals surface area contributed by atoms with E-state index in [0.29, 0.717) is 0 Å². The predicted octanol–water partition coefficient (Wildman–Crippen LogP) is 4.60. The number of nitrogen functional groups attached to an aromatic ring is 1. The van der Waals surface area contributed by atoms with Crippen LogP contribution in [-0.2, 0) is 12.7 Å². The quantitative estimate of drug-likeness (QED) is 0.579. The number of nitrogens with zero attached hydrogens (tertiary/aromatic N) is 3. The molecule has 0 aliphatic heterocycles. The Kier molecular flexibility index (Phi) is 5.61. The zero-order valence-corrected chi connectivity index (χ0v) is 16.3. The lowest BCUT2D eigenvalue weighted by Gasteiger charge is -2.11. The van der Waals surface area contributed by atoms with Gasteiger partial charge in [-0.15, -0.1) is 5.10 Å². The number of amides is 1. The lowest BCUT2D eigenvalue weighted by molar-refractivity contribution is -0.137. The summed E-state index contributed by atoms with van der Waals surface area (Å²) < 4.78 is 41.1. The molecule has 0 atom stereocenters. The molecule has 0 fully saturated rings. The van der Waals surface area contributed by atoms with Crippen LogP contribution in [0.3, 0.4) is 0 Å². The van der Waals surface area contributed by atoms with Crippen molar-refractivity contribution >= 4 is 44.9 Å². The first-order valence-corrected chi connectivity index (χ1v) is 8.94. The number of hydrogen-bond acceptors (Lipinski definition) is 4. The minimum absolute atomic E-state index is 0.00886. The van der Waals surface area contributed by atoms with E-state index in [2.05, 4.69) is 31.6 Å².